The Morgan fingerprint density at radius 2 is 1.96 bits per heavy atom. The van der Waals surface area contributed by atoms with E-state index in [0.29, 0.717) is 6.42 Å². The number of halogens is 2. The van der Waals surface area contributed by atoms with Crippen molar-refractivity contribution in [3.8, 4) is 0 Å². The third-order valence-corrected chi connectivity index (χ3v) is 5.32. The molecule has 0 amide bonds. The van der Waals surface area contributed by atoms with Gasteiger partial charge in [-0.25, -0.2) is 4.98 Å². The van der Waals surface area contributed by atoms with E-state index < -0.39 is 5.66 Å². The van der Waals surface area contributed by atoms with Gasteiger partial charge in [-0.15, -0.1) is 0 Å². The van der Waals surface area contributed by atoms with Crippen LogP contribution in [0.25, 0.3) is 11.0 Å². The first-order valence-electron chi connectivity index (χ1n) is 8.22. The lowest BCUT2D eigenvalue weighted by Crippen LogP contribution is -2.48. The summed E-state index contributed by atoms with van der Waals surface area (Å²) < 4.78 is 3.30. The second kappa shape index (κ2) is 6.39. The van der Waals surface area contributed by atoms with Crippen LogP contribution >= 0.6 is 27.5 Å². The zero-order valence-electron chi connectivity index (χ0n) is 13.8. The Hall–Kier alpha value is -1.98. The molecule has 25 heavy (non-hydrogen) atoms. The summed E-state index contributed by atoms with van der Waals surface area (Å²) in [7, 11) is 0. The highest BCUT2D eigenvalue weighted by Gasteiger charge is 2.35. The lowest BCUT2D eigenvalue weighted by atomic mass is 9.96. The fourth-order valence-corrected chi connectivity index (χ4v) is 3.95. The number of nitrogens with one attached hydrogen (secondary N) is 2. The second-order valence-corrected chi connectivity index (χ2v) is 7.47. The first-order valence-corrected chi connectivity index (χ1v) is 9.39. The maximum absolute atomic E-state index is 6.23. The van der Waals surface area contributed by atoms with Gasteiger partial charge in [0.15, 0.2) is 0 Å². The van der Waals surface area contributed by atoms with E-state index in [0.717, 1.165) is 38.5 Å². The maximum Gasteiger partial charge on any atom is 0.141 e. The number of nitrogens with zero attached hydrogens (tertiary/aromatic N) is 2. The van der Waals surface area contributed by atoms with Crippen LogP contribution in [0.3, 0.4) is 0 Å². The van der Waals surface area contributed by atoms with Gasteiger partial charge in [-0.2, -0.15) is 0 Å². The van der Waals surface area contributed by atoms with Crippen molar-refractivity contribution in [1.29, 1.82) is 0 Å². The number of hydrogen-bond donors (Lipinski definition) is 2. The van der Waals surface area contributed by atoms with Crippen molar-refractivity contribution in [3.05, 3.63) is 75.7 Å². The predicted octanol–water partition coefficient (Wildman–Crippen LogP) is 4.53. The molecule has 0 fully saturated rings. The zero-order chi connectivity index (χ0) is 17.4. The molecule has 6 heteroatoms. The van der Waals surface area contributed by atoms with Crippen LogP contribution in [0.15, 0.2) is 59.3 Å². The molecular weight excluding hydrogens is 400 g/mol. The van der Waals surface area contributed by atoms with Crippen molar-refractivity contribution < 1.29 is 0 Å². The minimum Gasteiger partial charge on any atom is -0.364 e. The molecule has 2 aromatic carbocycles. The van der Waals surface area contributed by atoms with Gasteiger partial charge in [0.2, 0.25) is 0 Å². The van der Waals surface area contributed by atoms with E-state index in [9.17, 15) is 0 Å². The molecule has 0 aliphatic carbocycles. The number of fused-ring (bicyclic) bond motifs is 1. The number of imidazole rings is 1. The van der Waals surface area contributed by atoms with Gasteiger partial charge in [0.25, 0.3) is 0 Å². The molecule has 1 aliphatic heterocycles. The van der Waals surface area contributed by atoms with Gasteiger partial charge in [0.1, 0.15) is 11.5 Å². The van der Waals surface area contributed by atoms with Gasteiger partial charge in [-0.1, -0.05) is 39.7 Å². The summed E-state index contributed by atoms with van der Waals surface area (Å²) in [5, 5.41) is 7.63. The molecule has 0 bridgehead atoms. The van der Waals surface area contributed by atoms with E-state index >= 15 is 0 Å². The highest BCUT2D eigenvalue weighted by molar-refractivity contribution is 9.10. The first-order chi connectivity index (χ1) is 12.1. The summed E-state index contributed by atoms with van der Waals surface area (Å²) in [6.45, 7) is 3.01. The molecule has 0 saturated carbocycles. The largest absolute Gasteiger partial charge is 0.364 e. The molecule has 1 aromatic heterocycles. The lowest BCUT2D eigenvalue weighted by molar-refractivity contribution is 0.342. The summed E-state index contributed by atoms with van der Waals surface area (Å²) in [5.41, 5.74) is 2.78. The van der Waals surface area contributed by atoms with E-state index in [-0.39, 0.29) is 0 Å². The van der Waals surface area contributed by atoms with Crippen molar-refractivity contribution in [2.75, 3.05) is 0 Å². The Morgan fingerprint density at radius 1 is 1.16 bits per heavy atom. The molecular formula is C19H18BrClN4. The summed E-state index contributed by atoms with van der Waals surface area (Å²) >= 11 is 9.76. The van der Waals surface area contributed by atoms with Gasteiger partial charge >= 0.3 is 0 Å². The average Bonchev–Trinajstić information content (AvgIpc) is 3.19. The molecule has 0 unspecified atom stereocenters. The van der Waals surface area contributed by atoms with Crippen LogP contribution in [-0.2, 0) is 18.6 Å². The fourth-order valence-electron chi connectivity index (χ4n) is 3.41. The minimum atomic E-state index is -0.448. The predicted molar refractivity (Wildman–Crippen MR) is 105 cm³/mol. The first kappa shape index (κ1) is 16.5. The molecule has 0 spiro atoms. The van der Waals surface area contributed by atoms with Crippen LogP contribution in [0, 0.1) is 0 Å². The molecule has 128 valence electrons. The zero-order valence-corrected chi connectivity index (χ0v) is 16.1. The summed E-state index contributed by atoms with van der Waals surface area (Å²) in [5.74, 6) is 1.03. The molecule has 4 rings (SSSR count). The van der Waals surface area contributed by atoms with Gasteiger partial charge in [0.05, 0.1) is 17.5 Å². The van der Waals surface area contributed by atoms with Gasteiger partial charge in [0, 0.05) is 28.4 Å². The van der Waals surface area contributed by atoms with Crippen LogP contribution in [0.4, 0.5) is 0 Å². The average molecular weight is 418 g/mol. The standard InChI is InChI=1S/C19H18BrClN4/c1-2-25-17-7-6-14(20)11-16(17)24-18(25)12-19(22-8-9-23-19)13-4-3-5-15(21)10-13/h3-11,22-23H,2,12H2,1H3. The van der Waals surface area contributed by atoms with Crippen molar-refractivity contribution in [2.45, 2.75) is 25.6 Å². The quantitative estimate of drug-likeness (QED) is 0.655. The number of benzene rings is 2. The monoisotopic (exact) mass is 416 g/mol. The highest BCUT2D eigenvalue weighted by Crippen LogP contribution is 2.30. The summed E-state index contributed by atoms with van der Waals surface area (Å²) in [4.78, 5) is 4.89. The third-order valence-electron chi connectivity index (χ3n) is 4.59. The van der Waals surface area contributed by atoms with E-state index in [2.05, 4.69) is 62.3 Å². The molecule has 1 aliphatic rings. The topological polar surface area (TPSA) is 41.9 Å². The van der Waals surface area contributed by atoms with Crippen molar-refractivity contribution in [3.63, 3.8) is 0 Å². The van der Waals surface area contributed by atoms with Crippen LogP contribution < -0.4 is 10.6 Å². The van der Waals surface area contributed by atoms with Gasteiger partial charge in [-0.05, 0) is 42.8 Å². The molecule has 2 N–H and O–H groups in total. The van der Waals surface area contributed by atoms with Crippen molar-refractivity contribution in [2.24, 2.45) is 0 Å². The SMILES string of the molecule is CCn1c(CC2(c3cccc(Cl)c3)NC=CN2)nc2cc(Br)ccc21. The number of hydrogen-bond acceptors (Lipinski definition) is 3. The molecule has 3 aromatic rings. The van der Waals surface area contributed by atoms with Gasteiger partial charge < -0.3 is 15.2 Å². The molecule has 0 radical (unpaired) electrons. The third kappa shape index (κ3) is 2.92. The fraction of sp³-hybridized carbons (Fsp3) is 0.211. The second-order valence-electron chi connectivity index (χ2n) is 6.12. The number of aryl methyl sites for hydroxylation is 1. The van der Waals surface area contributed by atoms with E-state index in [1.54, 1.807) is 0 Å². The van der Waals surface area contributed by atoms with E-state index in [1.165, 1.54) is 0 Å². The number of rotatable bonds is 4. The van der Waals surface area contributed by atoms with Gasteiger partial charge in [-0.3, -0.25) is 0 Å². The molecule has 2 heterocycles. The highest BCUT2D eigenvalue weighted by atomic mass is 79.9. The van der Waals surface area contributed by atoms with Crippen LogP contribution in [0.1, 0.15) is 18.3 Å². The Morgan fingerprint density at radius 3 is 2.68 bits per heavy atom. The van der Waals surface area contributed by atoms with Crippen molar-refractivity contribution >= 4 is 38.6 Å². The molecule has 4 nitrogen and oxygen atoms in total. The normalized spacial score (nSPS) is 15.3. The van der Waals surface area contributed by atoms with E-state index in [4.69, 9.17) is 16.6 Å². The van der Waals surface area contributed by atoms with Crippen molar-refractivity contribution in [1.82, 2.24) is 20.2 Å². The lowest BCUT2D eigenvalue weighted by Gasteiger charge is -2.31. The Bertz CT molecular complexity index is 955. The smallest absolute Gasteiger partial charge is 0.141 e. The number of aromatic nitrogens is 2. The Kier molecular flexibility index (Phi) is 4.21. The summed E-state index contributed by atoms with van der Waals surface area (Å²) in [6, 6.07) is 14.2. The molecule has 0 saturated heterocycles. The van der Waals surface area contributed by atoms with Crippen LogP contribution in [0.2, 0.25) is 5.02 Å². The van der Waals surface area contributed by atoms with E-state index in [1.807, 2.05) is 30.6 Å². The summed E-state index contributed by atoms with van der Waals surface area (Å²) in [6.07, 6.45) is 4.55. The Labute approximate surface area is 160 Å². The maximum atomic E-state index is 6.23. The minimum absolute atomic E-state index is 0.448. The van der Waals surface area contributed by atoms with Crippen LogP contribution in [0.5, 0.6) is 0 Å². The Balaban J connectivity index is 1.80. The van der Waals surface area contributed by atoms with Crippen LogP contribution in [-0.4, -0.2) is 9.55 Å². The molecule has 0 atom stereocenters.